The van der Waals surface area contributed by atoms with Crippen LogP contribution in [0.1, 0.15) is 57.8 Å². The molecule has 6 aliphatic carbocycles. The first-order chi connectivity index (χ1) is 17.3. The molecule has 1 N–H and O–H groups in total. The summed E-state index contributed by atoms with van der Waals surface area (Å²) in [5.41, 5.74) is 6.26. The third-order valence-corrected chi connectivity index (χ3v) is 9.66. The molecule has 0 aromatic carbocycles. The highest BCUT2D eigenvalue weighted by Crippen LogP contribution is 2.55. The topological polar surface area (TPSA) is 24.4 Å². The fourth-order valence-electron chi connectivity index (χ4n) is 7.76. The van der Waals surface area contributed by atoms with E-state index < -0.39 is 0 Å². The van der Waals surface area contributed by atoms with Gasteiger partial charge in [0, 0.05) is 41.8 Å². The van der Waals surface area contributed by atoms with E-state index in [1.54, 1.807) is 11.1 Å². The molecule has 0 amide bonds. The lowest BCUT2D eigenvalue weighted by Crippen LogP contribution is -2.37. The van der Waals surface area contributed by atoms with Gasteiger partial charge in [0.05, 0.1) is 6.54 Å². The lowest BCUT2D eigenvalue weighted by molar-refractivity contribution is 0.386. The fourth-order valence-corrected chi connectivity index (χ4v) is 7.76. The van der Waals surface area contributed by atoms with Crippen molar-refractivity contribution in [2.24, 2.45) is 40.5 Å². The zero-order valence-corrected chi connectivity index (χ0v) is 21.4. The average molecular weight is 467 g/mol. The molecule has 0 radical (unpaired) electrons. The molecule has 0 aromatic heterocycles. The minimum absolute atomic E-state index is 0.486. The number of hydrogen-bond donors (Lipinski definition) is 1. The summed E-state index contributed by atoms with van der Waals surface area (Å²) in [6.45, 7) is 0.867. The monoisotopic (exact) mass is 466 g/mol. The van der Waals surface area contributed by atoms with Crippen LogP contribution in [0.3, 0.4) is 0 Å². The Morgan fingerprint density at radius 3 is 2.37 bits per heavy atom. The van der Waals surface area contributed by atoms with Crippen LogP contribution < -0.4 is 5.32 Å². The summed E-state index contributed by atoms with van der Waals surface area (Å²) in [5, 5.41) is 3.69. The second-order valence-corrected chi connectivity index (χ2v) is 11.5. The summed E-state index contributed by atoms with van der Waals surface area (Å²) < 4.78 is 0. The molecule has 0 heterocycles. The van der Waals surface area contributed by atoms with Crippen LogP contribution in [-0.2, 0) is 0 Å². The van der Waals surface area contributed by atoms with Crippen molar-refractivity contribution in [3.05, 3.63) is 83.6 Å². The molecule has 6 atom stereocenters. The van der Waals surface area contributed by atoms with E-state index in [4.69, 9.17) is 4.99 Å². The Balaban J connectivity index is 1.25. The summed E-state index contributed by atoms with van der Waals surface area (Å²) in [6.07, 6.45) is 38.1. The summed E-state index contributed by atoms with van der Waals surface area (Å²) in [4.78, 5) is 5.48. The quantitative estimate of drug-likeness (QED) is 0.309. The van der Waals surface area contributed by atoms with Gasteiger partial charge in [-0.2, -0.15) is 0 Å². The number of fused-ring (bicyclic) bond motifs is 3. The van der Waals surface area contributed by atoms with Crippen LogP contribution in [0.5, 0.6) is 0 Å². The number of nitrogens with one attached hydrogen (secondary N) is 1. The van der Waals surface area contributed by atoms with Gasteiger partial charge >= 0.3 is 0 Å². The van der Waals surface area contributed by atoms with Gasteiger partial charge in [0.2, 0.25) is 0 Å². The first-order valence-electron chi connectivity index (χ1n) is 14.3. The number of allylic oxidation sites excluding steroid dienone is 12. The second kappa shape index (κ2) is 10.4. The Kier molecular flexibility index (Phi) is 6.92. The van der Waals surface area contributed by atoms with Gasteiger partial charge in [-0.05, 0) is 56.6 Å². The Hall–Kier alpha value is -2.19. The maximum absolute atomic E-state index is 5.48. The molecule has 0 saturated heterocycles. The van der Waals surface area contributed by atoms with Gasteiger partial charge < -0.3 is 5.32 Å². The molecule has 2 nitrogen and oxygen atoms in total. The first-order valence-corrected chi connectivity index (χ1v) is 14.3. The standard InChI is InChI=1S/C33H42N2/c1-34-31(23-11-4-2-5-12-23)21-32(24-13-6-3-7-14-24)35-22-25-19-20-30-28-16-9-8-15-27(28)29-18-10-17-26(25)33(29)30/h4,8-11,15-20,23-24,26-28,31,33-34H,2-3,5-7,12-14,21-22H2,1H3. The molecule has 0 bridgehead atoms. The molecule has 6 aliphatic rings. The van der Waals surface area contributed by atoms with Crippen molar-refractivity contribution in [1.82, 2.24) is 5.32 Å². The molecule has 0 aromatic rings. The molecule has 6 rings (SSSR count). The van der Waals surface area contributed by atoms with Crippen molar-refractivity contribution in [3.63, 3.8) is 0 Å². The Morgan fingerprint density at radius 1 is 0.857 bits per heavy atom. The number of nitrogens with zero attached hydrogens (tertiary/aromatic N) is 1. The van der Waals surface area contributed by atoms with Crippen LogP contribution in [-0.4, -0.2) is 25.3 Å². The molecular weight excluding hydrogens is 424 g/mol. The van der Waals surface area contributed by atoms with E-state index in [9.17, 15) is 0 Å². The average Bonchev–Trinajstić information content (AvgIpc) is 3.26. The molecule has 0 aliphatic heterocycles. The normalized spacial score (nSPS) is 34.7. The third-order valence-electron chi connectivity index (χ3n) is 9.66. The second-order valence-electron chi connectivity index (χ2n) is 11.5. The van der Waals surface area contributed by atoms with Crippen molar-refractivity contribution >= 4 is 5.71 Å². The molecular formula is C33H42N2. The Bertz CT molecular complexity index is 1040. The van der Waals surface area contributed by atoms with Crippen molar-refractivity contribution in [2.45, 2.75) is 63.8 Å². The third kappa shape index (κ3) is 4.55. The van der Waals surface area contributed by atoms with E-state index in [1.165, 1.54) is 62.7 Å². The van der Waals surface area contributed by atoms with Crippen molar-refractivity contribution in [3.8, 4) is 0 Å². The predicted molar refractivity (Wildman–Crippen MR) is 148 cm³/mol. The maximum Gasteiger partial charge on any atom is 0.0608 e. The van der Waals surface area contributed by atoms with Gasteiger partial charge in [0.15, 0.2) is 0 Å². The molecule has 2 fully saturated rings. The molecule has 184 valence electrons. The molecule has 35 heavy (non-hydrogen) atoms. The van der Waals surface area contributed by atoms with Gasteiger partial charge in [0.1, 0.15) is 0 Å². The van der Waals surface area contributed by atoms with Gasteiger partial charge in [-0.15, -0.1) is 0 Å². The summed E-state index contributed by atoms with van der Waals surface area (Å²) in [5.74, 6) is 3.48. The van der Waals surface area contributed by atoms with E-state index in [0.717, 1.165) is 13.0 Å². The predicted octanol–water partition coefficient (Wildman–Crippen LogP) is 7.31. The number of aliphatic imine (C=N–C) groups is 1. The lowest BCUT2D eigenvalue weighted by atomic mass is 9.73. The van der Waals surface area contributed by atoms with Crippen LogP contribution in [0.2, 0.25) is 0 Å². The zero-order chi connectivity index (χ0) is 23.6. The first kappa shape index (κ1) is 23.2. The van der Waals surface area contributed by atoms with Crippen molar-refractivity contribution in [2.75, 3.05) is 13.6 Å². The number of rotatable bonds is 7. The van der Waals surface area contributed by atoms with Crippen LogP contribution in [0.15, 0.2) is 88.5 Å². The van der Waals surface area contributed by atoms with E-state index >= 15 is 0 Å². The van der Waals surface area contributed by atoms with E-state index in [-0.39, 0.29) is 0 Å². The number of hydrogen-bond acceptors (Lipinski definition) is 2. The van der Waals surface area contributed by atoms with Crippen LogP contribution in [0.4, 0.5) is 0 Å². The van der Waals surface area contributed by atoms with E-state index in [1.807, 2.05) is 0 Å². The summed E-state index contributed by atoms with van der Waals surface area (Å²) >= 11 is 0. The molecule has 0 spiro atoms. The van der Waals surface area contributed by atoms with Crippen LogP contribution in [0, 0.1) is 35.5 Å². The highest BCUT2D eigenvalue weighted by molar-refractivity contribution is 5.87. The highest BCUT2D eigenvalue weighted by atomic mass is 14.9. The van der Waals surface area contributed by atoms with Gasteiger partial charge in [-0.3, -0.25) is 4.99 Å². The fraction of sp³-hybridized carbons (Fsp3) is 0.545. The minimum Gasteiger partial charge on any atom is -0.316 e. The highest BCUT2D eigenvalue weighted by Gasteiger charge is 2.46. The SMILES string of the molecule is CNC(CC(=NCC1=CC=C2C3C=CC=CC3C3=CC=CC1C32)C1CCCCC1)C1C=CCCC1. The van der Waals surface area contributed by atoms with Crippen LogP contribution in [0.25, 0.3) is 0 Å². The smallest absolute Gasteiger partial charge is 0.0608 e. The lowest BCUT2D eigenvalue weighted by Gasteiger charge is -2.33. The van der Waals surface area contributed by atoms with Crippen LogP contribution >= 0.6 is 0 Å². The van der Waals surface area contributed by atoms with Crippen molar-refractivity contribution < 1.29 is 0 Å². The van der Waals surface area contributed by atoms with Gasteiger partial charge in [-0.25, -0.2) is 0 Å². The molecule has 2 saturated carbocycles. The molecule has 2 heteroatoms. The Morgan fingerprint density at radius 2 is 1.63 bits per heavy atom. The summed E-state index contributed by atoms with van der Waals surface area (Å²) in [6, 6.07) is 0.514. The summed E-state index contributed by atoms with van der Waals surface area (Å²) in [7, 11) is 2.16. The zero-order valence-electron chi connectivity index (χ0n) is 21.4. The van der Waals surface area contributed by atoms with Gasteiger partial charge in [-0.1, -0.05) is 97.2 Å². The molecule has 6 unspecified atom stereocenters. The van der Waals surface area contributed by atoms with E-state index in [2.05, 4.69) is 79.2 Å². The minimum atomic E-state index is 0.486. The maximum atomic E-state index is 5.48. The van der Waals surface area contributed by atoms with Crippen molar-refractivity contribution in [1.29, 1.82) is 0 Å². The van der Waals surface area contributed by atoms with Gasteiger partial charge in [0.25, 0.3) is 0 Å². The largest absolute Gasteiger partial charge is 0.316 e. The van der Waals surface area contributed by atoms with E-state index in [0.29, 0.717) is 41.5 Å². The Labute approximate surface area is 212 Å².